The monoisotopic (exact) mass is 346 g/mol. The van der Waals surface area contributed by atoms with Gasteiger partial charge in [0, 0.05) is 30.7 Å². The molecule has 2 heterocycles. The lowest BCUT2D eigenvalue weighted by Gasteiger charge is -2.59. The van der Waals surface area contributed by atoms with Gasteiger partial charge < -0.3 is 5.32 Å². The normalized spacial score (nSPS) is 35.3. The Bertz CT molecular complexity index is 500. The molecule has 0 radical (unpaired) electrons. The highest BCUT2D eigenvalue weighted by molar-refractivity contribution is 5.07. The maximum atomic E-state index is 3.67. The van der Waals surface area contributed by atoms with Crippen molar-refractivity contribution in [1.29, 1.82) is 0 Å². The fourth-order valence-electron chi connectivity index (χ4n) is 7.07. The van der Waals surface area contributed by atoms with Gasteiger partial charge in [0.25, 0.3) is 0 Å². The van der Waals surface area contributed by atoms with E-state index in [2.05, 4.69) is 51.8 Å². The minimum Gasteiger partial charge on any atom is -0.311 e. The highest BCUT2D eigenvalue weighted by atomic mass is 15.3. The molecule has 4 fully saturated rings. The highest BCUT2D eigenvalue weighted by Crippen LogP contribution is 2.63. The van der Waals surface area contributed by atoms with E-state index in [0.29, 0.717) is 16.4 Å². The van der Waals surface area contributed by atoms with Gasteiger partial charge in [-0.05, 0) is 87.4 Å². The Balaban J connectivity index is 1.35. The van der Waals surface area contributed by atoms with Crippen molar-refractivity contribution < 1.29 is 0 Å². The molecule has 0 aromatic heterocycles. The number of hydrogen-bond donors (Lipinski definition) is 1. The lowest BCUT2D eigenvalue weighted by Crippen LogP contribution is -2.56. The van der Waals surface area contributed by atoms with Crippen LogP contribution in [0, 0.1) is 22.2 Å². The molecule has 2 saturated heterocycles. The molecule has 2 unspecified atom stereocenters. The molecule has 2 aliphatic carbocycles. The average molecular weight is 347 g/mol. The third kappa shape index (κ3) is 3.31. The topological polar surface area (TPSA) is 15.3 Å². The third-order valence-electron chi connectivity index (χ3n) is 8.85. The second kappa shape index (κ2) is 5.71. The molecule has 25 heavy (non-hydrogen) atoms. The molecule has 2 nitrogen and oxygen atoms in total. The number of hydrogen-bond acceptors (Lipinski definition) is 2. The largest absolute Gasteiger partial charge is 0.311 e. The second-order valence-electron chi connectivity index (χ2n) is 12.4. The molecular weight excluding hydrogens is 304 g/mol. The molecule has 4 rings (SSSR count). The van der Waals surface area contributed by atoms with Crippen LogP contribution in [0.3, 0.4) is 0 Å². The molecule has 0 aromatic carbocycles. The van der Waals surface area contributed by atoms with Gasteiger partial charge in [-0.1, -0.05) is 27.7 Å². The number of nitrogens with one attached hydrogen (secondary N) is 1. The molecule has 2 bridgehead atoms. The van der Waals surface area contributed by atoms with E-state index < -0.39 is 0 Å². The van der Waals surface area contributed by atoms with Gasteiger partial charge in [-0.25, -0.2) is 0 Å². The van der Waals surface area contributed by atoms with Crippen molar-refractivity contribution in [1.82, 2.24) is 10.2 Å². The molecule has 4 aliphatic rings. The lowest BCUT2D eigenvalue weighted by atomic mass is 9.47. The quantitative estimate of drug-likeness (QED) is 0.750. The summed E-state index contributed by atoms with van der Waals surface area (Å²) in [5, 5.41) is 3.67. The Hall–Kier alpha value is -0.0800. The summed E-state index contributed by atoms with van der Waals surface area (Å²) >= 11 is 0. The van der Waals surface area contributed by atoms with Crippen molar-refractivity contribution in [2.45, 2.75) is 111 Å². The predicted molar refractivity (Wildman–Crippen MR) is 107 cm³/mol. The Labute approximate surface area is 156 Å². The third-order valence-corrected chi connectivity index (χ3v) is 8.85. The summed E-state index contributed by atoms with van der Waals surface area (Å²) in [5.41, 5.74) is 2.18. The van der Waals surface area contributed by atoms with E-state index in [4.69, 9.17) is 0 Å². The van der Waals surface area contributed by atoms with Crippen molar-refractivity contribution in [3.8, 4) is 0 Å². The van der Waals surface area contributed by atoms with Crippen LogP contribution in [-0.4, -0.2) is 35.6 Å². The van der Waals surface area contributed by atoms with Crippen LogP contribution in [-0.2, 0) is 0 Å². The van der Waals surface area contributed by atoms with Gasteiger partial charge in [0.15, 0.2) is 0 Å². The first-order valence-corrected chi connectivity index (χ1v) is 11.0. The zero-order valence-electron chi connectivity index (χ0n) is 17.8. The molecule has 0 amide bonds. The van der Waals surface area contributed by atoms with Crippen LogP contribution >= 0.6 is 0 Å². The molecule has 1 N–H and O–H groups in total. The van der Waals surface area contributed by atoms with Crippen molar-refractivity contribution in [2.75, 3.05) is 13.1 Å². The SMILES string of the molecule is CC1(C)CCC2(CC1)CC(C(C)(C)CC(C)(C)N1CC3CC1CN3)C2. The van der Waals surface area contributed by atoms with Gasteiger partial charge in [0.1, 0.15) is 0 Å². The van der Waals surface area contributed by atoms with Gasteiger partial charge in [-0.2, -0.15) is 0 Å². The van der Waals surface area contributed by atoms with Gasteiger partial charge >= 0.3 is 0 Å². The summed E-state index contributed by atoms with van der Waals surface area (Å²) in [7, 11) is 0. The van der Waals surface area contributed by atoms with Crippen molar-refractivity contribution in [3.05, 3.63) is 0 Å². The average Bonchev–Trinajstić information content (AvgIpc) is 3.07. The van der Waals surface area contributed by atoms with E-state index in [0.717, 1.165) is 23.4 Å². The minimum absolute atomic E-state index is 0.350. The fraction of sp³-hybridized carbons (Fsp3) is 1.00. The molecule has 2 atom stereocenters. The van der Waals surface area contributed by atoms with Crippen molar-refractivity contribution in [3.63, 3.8) is 0 Å². The summed E-state index contributed by atoms with van der Waals surface area (Å²) in [6.45, 7) is 17.6. The molecule has 2 saturated carbocycles. The van der Waals surface area contributed by atoms with Crippen LogP contribution in [0.15, 0.2) is 0 Å². The molecule has 1 spiro atoms. The summed E-state index contributed by atoms with van der Waals surface area (Å²) < 4.78 is 0. The molecular formula is C23H42N2. The van der Waals surface area contributed by atoms with Crippen molar-refractivity contribution >= 4 is 0 Å². The first kappa shape index (κ1) is 18.3. The van der Waals surface area contributed by atoms with Gasteiger partial charge in [-0.3, -0.25) is 4.90 Å². The Morgan fingerprint density at radius 3 is 2.16 bits per heavy atom. The summed E-state index contributed by atoms with van der Waals surface area (Å²) in [6, 6.07) is 1.56. The van der Waals surface area contributed by atoms with E-state index in [1.54, 1.807) is 0 Å². The smallest absolute Gasteiger partial charge is 0.0242 e. The molecule has 0 aromatic rings. The number of nitrogens with zero attached hydrogens (tertiary/aromatic N) is 1. The highest BCUT2D eigenvalue weighted by Gasteiger charge is 2.53. The number of rotatable bonds is 4. The Kier molecular flexibility index (Phi) is 4.18. The zero-order valence-corrected chi connectivity index (χ0v) is 17.8. The van der Waals surface area contributed by atoms with E-state index in [1.165, 1.54) is 64.5 Å². The standard InChI is InChI=1S/C23H42N2/c1-20(2)7-9-23(10-8-20)12-17(13-23)21(3,4)16-22(5,6)25-15-18-11-19(25)14-24-18/h17-19,24H,7-16H2,1-6H3. The Morgan fingerprint density at radius 2 is 1.64 bits per heavy atom. The summed E-state index contributed by atoms with van der Waals surface area (Å²) in [4.78, 5) is 2.84. The number of likely N-dealkylation sites (tertiary alicyclic amines) is 1. The Morgan fingerprint density at radius 1 is 1.00 bits per heavy atom. The molecule has 2 heteroatoms. The minimum atomic E-state index is 0.350. The fourth-order valence-corrected chi connectivity index (χ4v) is 7.07. The van der Waals surface area contributed by atoms with E-state index in [9.17, 15) is 0 Å². The van der Waals surface area contributed by atoms with Gasteiger partial charge in [-0.15, -0.1) is 0 Å². The van der Waals surface area contributed by atoms with Gasteiger partial charge in [0.2, 0.25) is 0 Å². The maximum absolute atomic E-state index is 3.67. The summed E-state index contributed by atoms with van der Waals surface area (Å²) in [6.07, 6.45) is 11.7. The zero-order chi connectivity index (χ0) is 18.1. The molecule has 144 valence electrons. The number of fused-ring (bicyclic) bond motifs is 2. The van der Waals surface area contributed by atoms with Crippen LogP contribution in [0.25, 0.3) is 0 Å². The second-order valence-corrected chi connectivity index (χ2v) is 12.4. The van der Waals surface area contributed by atoms with Gasteiger partial charge in [0.05, 0.1) is 0 Å². The van der Waals surface area contributed by atoms with Crippen LogP contribution in [0.2, 0.25) is 0 Å². The van der Waals surface area contributed by atoms with Crippen LogP contribution in [0.4, 0.5) is 0 Å². The maximum Gasteiger partial charge on any atom is 0.0242 e. The first-order chi connectivity index (χ1) is 11.5. The van der Waals surface area contributed by atoms with Crippen LogP contribution < -0.4 is 5.32 Å². The van der Waals surface area contributed by atoms with Crippen molar-refractivity contribution in [2.24, 2.45) is 22.2 Å². The first-order valence-electron chi connectivity index (χ1n) is 11.0. The lowest BCUT2D eigenvalue weighted by molar-refractivity contribution is -0.0829. The molecule has 2 aliphatic heterocycles. The predicted octanol–water partition coefficient (Wildman–Crippen LogP) is 5.22. The van der Waals surface area contributed by atoms with E-state index in [1.807, 2.05) is 0 Å². The van der Waals surface area contributed by atoms with Crippen LogP contribution in [0.5, 0.6) is 0 Å². The van der Waals surface area contributed by atoms with Crippen LogP contribution in [0.1, 0.15) is 92.9 Å². The van der Waals surface area contributed by atoms with E-state index >= 15 is 0 Å². The summed E-state index contributed by atoms with van der Waals surface area (Å²) in [5.74, 6) is 0.950. The van der Waals surface area contributed by atoms with E-state index in [-0.39, 0.29) is 0 Å². The number of piperazine rings is 1.